The molecule has 1 saturated heterocycles. The third kappa shape index (κ3) is 7.30. The Morgan fingerprint density at radius 2 is 1.07 bits per heavy atom. The fourth-order valence-electron chi connectivity index (χ4n) is 3.35. The molecule has 3 rings (SSSR count). The maximum Gasteiger partial charge on any atom is 0.138 e. The highest BCUT2D eigenvalue weighted by molar-refractivity contribution is 6.32. The molecule has 0 saturated carbocycles. The first kappa shape index (κ1) is 23.1. The van der Waals surface area contributed by atoms with Gasteiger partial charge in [-0.1, -0.05) is 47.5 Å². The van der Waals surface area contributed by atoms with Crippen LogP contribution in [0.5, 0.6) is 11.5 Å². The maximum atomic E-state index is 10.3. The highest BCUT2D eigenvalue weighted by atomic mass is 35.5. The highest BCUT2D eigenvalue weighted by Gasteiger charge is 2.21. The summed E-state index contributed by atoms with van der Waals surface area (Å²) in [6, 6.07) is 14.5. The van der Waals surface area contributed by atoms with Gasteiger partial charge in [0, 0.05) is 39.3 Å². The second-order valence-electron chi connectivity index (χ2n) is 7.39. The van der Waals surface area contributed by atoms with Gasteiger partial charge in [-0.25, -0.2) is 0 Å². The molecule has 30 heavy (non-hydrogen) atoms. The summed E-state index contributed by atoms with van der Waals surface area (Å²) in [4.78, 5) is 4.40. The van der Waals surface area contributed by atoms with Crippen molar-refractivity contribution in [2.24, 2.45) is 0 Å². The first-order valence-corrected chi connectivity index (χ1v) is 10.8. The molecule has 164 valence electrons. The predicted octanol–water partition coefficient (Wildman–Crippen LogP) is 2.79. The Labute approximate surface area is 187 Å². The number of nitrogens with zero attached hydrogens (tertiary/aromatic N) is 2. The quantitative estimate of drug-likeness (QED) is 0.575. The van der Waals surface area contributed by atoms with Crippen molar-refractivity contribution in [1.29, 1.82) is 0 Å². The van der Waals surface area contributed by atoms with E-state index in [4.69, 9.17) is 32.7 Å². The number of halogens is 2. The minimum absolute atomic E-state index is 0.196. The number of aliphatic hydroxyl groups excluding tert-OH is 2. The molecule has 2 aromatic carbocycles. The molecule has 0 radical (unpaired) electrons. The van der Waals surface area contributed by atoms with E-state index < -0.39 is 12.2 Å². The molecule has 0 aliphatic carbocycles. The molecule has 2 aromatic rings. The van der Waals surface area contributed by atoms with Crippen LogP contribution in [0.4, 0.5) is 0 Å². The van der Waals surface area contributed by atoms with E-state index in [2.05, 4.69) is 9.80 Å². The van der Waals surface area contributed by atoms with Crippen LogP contribution in [-0.2, 0) is 0 Å². The van der Waals surface area contributed by atoms with Gasteiger partial charge in [-0.2, -0.15) is 0 Å². The smallest absolute Gasteiger partial charge is 0.138 e. The summed E-state index contributed by atoms with van der Waals surface area (Å²) in [5, 5.41) is 21.6. The Balaban J connectivity index is 1.32. The van der Waals surface area contributed by atoms with Crippen molar-refractivity contribution >= 4 is 23.2 Å². The van der Waals surface area contributed by atoms with Gasteiger partial charge >= 0.3 is 0 Å². The summed E-state index contributed by atoms with van der Waals surface area (Å²) in [6.45, 7) is 4.75. The summed E-state index contributed by atoms with van der Waals surface area (Å²) >= 11 is 12.1. The molecule has 2 atom stereocenters. The summed E-state index contributed by atoms with van der Waals surface area (Å²) in [6.07, 6.45) is -1.19. The molecule has 1 fully saturated rings. The Morgan fingerprint density at radius 1 is 0.700 bits per heavy atom. The second kappa shape index (κ2) is 11.7. The Hall–Kier alpha value is -1.54. The molecule has 1 heterocycles. The zero-order valence-electron chi connectivity index (χ0n) is 16.8. The van der Waals surface area contributed by atoms with E-state index in [1.165, 1.54) is 0 Å². The van der Waals surface area contributed by atoms with Gasteiger partial charge < -0.3 is 19.7 Å². The molecule has 6 nitrogen and oxygen atoms in total. The fourth-order valence-corrected chi connectivity index (χ4v) is 3.73. The van der Waals surface area contributed by atoms with Crippen LogP contribution in [0.15, 0.2) is 48.5 Å². The lowest BCUT2D eigenvalue weighted by atomic mass is 10.2. The van der Waals surface area contributed by atoms with Gasteiger partial charge in [0.1, 0.15) is 36.9 Å². The molecule has 0 spiro atoms. The van der Waals surface area contributed by atoms with Crippen molar-refractivity contribution in [2.45, 2.75) is 12.2 Å². The van der Waals surface area contributed by atoms with Crippen LogP contribution in [0.25, 0.3) is 0 Å². The van der Waals surface area contributed by atoms with E-state index in [0.29, 0.717) is 34.6 Å². The van der Waals surface area contributed by atoms with Crippen LogP contribution >= 0.6 is 23.2 Å². The van der Waals surface area contributed by atoms with E-state index in [1.54, 1.807) is 24.3 Å². The normalized spacial score (nSPS) is 17.5. The Bertz CT molecular complexity index is 722. The van der Waals surface area contributed by atoms with E-state index in [-0.39, 0.29) is 13.2 Å². The van der Waals surface area contributed by atoms with E-state index in [9.17, 15) is 10.2 Å². The summed E-state index contributed by atoms with van der Waals surface area (Å²) in [5.74, 6) is 1.16. The summed E-state index contributed by atoms with van der Waals surface area (Å²) in [5.41, 5.74) is 0. The number of aliphatic hydroxyl groups is 2. The zero-order valence-corrected chi connectivity index (χ0v) is 18.3. The number of para-hydroxylation sites is 2. The van der Waals surface area contributed by atoms with Crippen LogP contribution in [-0.4, -0.2) is 84.7 Å². The van der Waals surface area contributed by atoms with Crippen LogP contribution in [0, 0.1) is 0 Å². The highest BCUT2D eigenvalue weighted by Crippen LogP contribution is 2.24. The van der Waals surface area contributed by atoms with Crippen molar-refractivity contribution in [3.05, 3.63) is 58.6 Å². The third-order valence-corrected chi connectivity index (χ3v) is 5.56. The Kier molecular flexibility index (Phi) is 9.05. The molecule has 8 heteroatoms. The molecule has 1 aliphatic heterocycles. The SMILES string of the molecule is O[C@H](COc1ccccc1Cl)CN1CCN(C[C@@H](O)COc2ccccc2Cl)CC1. The molecule has 2 N–H and O–H groups in total. The number of hydrogen-bond acceptors (Lipinski definition) is 6. The molecule has 0 aromatic heterocycles. The second-order valence-corrected chi connectivity index (χ2v) is 8.21. The van der Waals surface area contributed by atoms with Gasteiger partial charge in [-0.05, 0) is 24.3 Å². The third-order valence-electron chi connectivity index (χ3n) is 4.94. The van der Waals surface area contributed by atoms with Crippen LogP contribution in [0.1, 0.15) is 0 Å². The maximum absolute atomic E-state index is 10.3. The Morgan fingerprint density at radius 3 is 1.43 bits per heavy atom. The van der Waals surface area contributed by atoms with E-state index in [0.717, 1.165) is 26.2 Å². The average Bonchev–Trinajstić information content (AvgIpc) is 2.74. The summed E-state index contributed by atoms with van der Waals surface area (Å²) in [7, 11) is 0. The fraction of sp³-hybridized carbons (Fsp3) is 0.455. The number of hydrogen-bond donors (Lipinski definition) is 2. The first-order valence-electron chi connectivity index (χ1n) is 10.1. The monoisotopic (exact) mass is 454 g/mol. The molecular weight excluding hydrogens is 427 g/mol. The molecule has 0 amide bonds. The van der Waals surface area contributed by atoms with Crippen molar-refractivity contribution in [2.75, 3.05) is 52.5 Å². The lowest BCUT2D eigenvalue weighted by Crippen LogP contribution is -2.51. The topological polar surface area (TPSA) is 65.4 Å². The predicted molar refractivity (Wildman–Crippen MR) is 119 cm³/mol. The molecule has 1 aliphatic rings. The zero-order chi connectivity index (χ0) is 21.3. The van der Waals surface area contributed by atoms with Gasteiger partial charge in [-0.15, -0.1) is 0 Å². The van der Waals surface area contributed by atoms with Crippen molar-refractivity contribution < 1.29 is 19.7 Å². The standard InChI is InChI=1S/C22H28Cl2N2O4/c23-19-5-1-3-7-21(19)29-15-17(27)13-25-9-11-26(12-10-25)14-18(28)16-30-22-8-4-2-6-20(22)24/h1-8,17-18,27-28H,9-16H2/t17-,18+. The lowest BCUT2D eigenvalue weighted by molar-refractivity contribution is 0.0241. The summed E-state index contributed by atoms with van der Waals surface area (Å²) < 4.78 is 11.2. The molecule has 0 bridgehead atoms. The van der Waals surface area contributed by atoms with Crippen LogP contribution < -0.4 is 9.47 Å². The van der Waals surface area contributed by atoms with Crippen LogP contribution in [0.2, 0.25) is 10.0 Å². The lowest BCUT2D eigenvalue weighted by Gasteiger charge is -2.36. The number of benzene rings is 2. The van der Waals surface area contributed by atoms with Gasteiger partial charge in [0.2, 0.25) is 0 Å². The largest absolute Gasteiger partial charge is 0.489 e. The van der Waals surface area contributed by atoms with Gasteiger partial charge in [0.25, 0.3) is 0 Å². The van der Waals surface area contributed by atoms with Gasteiger partial charge in [-0.3, -0.25) is 9.80 Å². The van der Waals surface area contributed by atoms with E-state index in [1.807, 2.05) is 24.3 Å². The van der Waals surface area contributed by atoms with Crippen molar-refractivity contribution in [3.8, 4) is 11.5 Å². The van der Waals surface area contributed by atoms with Crippen LogP contribution in [0.3, 0.4) is 0 Å². The first-order chi connectivity index (χ1) is 14.5. The van der Waals surface area contributed by atoms with Crippen molar-refractivity contribution in [3.63, 3.8) is 0 Å². The minimum Gasteiger partial charge on any atom is -0.489 e. The number of piperazine rings is 1. The number of ether oxygens (including phenoxy) is 2. The van der Waals surface area contributed by atoms with Gasteiger partial charge in [0.15, 0.2) is 0 Å². The number of β-amino-alcohol motifs (C(OH)–C–C–N with tert-alkyl or cyclic N) is 2. The minimum atomic E-state index is -0.595. The average molecular weight is 455 g/mol. The van der Waals surface area contributed by atoms with Crippen molar-refractivity contribution in [1.82, 2.24) is 9.80 Å². The molecular formula is C22H28Cl2N2O4. The van der Waals surface area contributed by atoms with Gasteiger partial charge in [0.05, 0.1) is 10.0 Å². The van der Waals surface area contributed by atoms with E-state index >= 15 is 0 Å². The number of rotatable bonds is 10. The molecule has 0 unspecified atom stereocenters.